The molecule has 130 valence electrons. The van der Waals surface area contributed by atoms with Crippen LogP contribution in [0, 0.1) is 0 Å². The van der Waals surface area contributed by atoms with Crippen molar-refractivity contribution in [3.05, 3.63) is 29.6 Å². The first-order chi connectivity index (χ1) is 11.6. The summed E-state index contributed by atoms with van der Waals surface area (Å²) >= 11 is 0. The van der Waals surface area contributed by atoms with Crippen LogP contribution >= 0.6 is 0 Å². The zero-order chi connectivity index (χ0) is 16.9. The number of nitrogens with zero attached hydrogens (tertiary/aromatic N) is 3. The number of carbonyl (C=O) groups is 2. The van der Waals surface area contributed by atoms with Gasteiger partial charge in [0.2, 0.25) is 0 Å². The van der Waals surface area contributed by atoms with Crippen molar-refractivity contribution in [3.8, 4) is 0 Å². The Morgan fingerprint density at radius 2 is 1.71 bits per heavy atom. The van der Waals surface area contributed by atoms with Gasteiger partial charge in [-0.05, 0) is 26.0 Å². The van der Waals surface area contributed by atoms with Crippen molar-refractivity contribution in [1.29, 1.82) is 0 Å². The van der Waals surface area contributed by atoms with E-state index in [9.17, 15) is 9.59 Å². The second kappa shape index (κ2) is 7.75. The molecule has 2 amide bonds. The maximum Gasteiger partial charge on any atom is 0.255 e. The quantitative estimate of drug-likeness (QED) is 0.913. The lowest BCUT2D eigenvalue weighted by Crippen LogP contribution is -2.47. The number of hydrogen-bond acceptors (Lipinski definition) is 4. The van der Waals surface area contributed by atoms with Crippen molar-refractivity contribution in [2.75, 3.05) is 33.2 Å². The second-order valence-electron chi connectivity index (χ2n) is 6.87. The molecule has 2 heterocycles. The van der Waals surface area contributed by atoms with Gasteiger partial charge in [0, 0.05) is 44.6 Å². The third-order valence-electron chi connectivity index (χ3n) is 4.98. The topological polar surface area (TPSA) is 65.5 Å². The minimum absolute atomic E-state index is 0.0390. The Hall–Kier alpha value is -1.95. The fraction of sp³-hybridized carbons (Fsp3) is 0.611. The number of piperazine rings is 1. The van der Waals surface area contributed by atoms with Crippen LogP contribution in [0.25, 0.3) is 0 Å². The maximum absolute atomic E-state index is 12.6. The van der Waals surface area contributed by atoms with Crippen LogP contribution in [-0.2, 0) is 0 Å². The van der Waals surface area contributed by atoms with Crippen LogP contribution in [0.1, 0.15) is 52.8 Å². The molecule has 24 heavy (non-hydrogen) atoms. The number of hydrogen-bond donors (Lipinski definition) is 1. The fourth-order valence-electron chi connectivity index (χ4n) is 3.39. The molecule has 0 aromatic carbocycles. The number of carbonyl (C=O) groups excluding carboxylic acids is 2. The minimum atomic E-state index is -0.123. The third kappa shape index (κ3) is 4.12. The van der Waals surface area contributed by atoms with Crippen molar-refractivity contribution in [3.63, 3.8) is 0 Å². The molecule has 0 spiro atoms. The van der Waals surface area contributed by atoms with Gasteiger partial charge in [-0.25, -0.2) is 0 Å². The first-order valence-electron chi connectivity index (χ1n) is 8.87. The highest BCUT2D eigenvalue weighted by Crippen LogP contribution is 2.18. The molecule has 0 bridgehead atoms. The van der Waals surface area contributed by atoms with E-state index in [0.717, 1.165) is 25.9 Å². The van der Waals surface area contributed by atoms with E-state index in [1.54, 1.807) is 18.5 Å². The predicted octanol–water partition coefficient (Wildman–Crippen LogP) is 1.53. The first-order valence-corrected chi connectivity index (χ1v) is 8.87. The third-order valence-corrected chi connectivity index (χ3v) is 4.98. The Kier molecular flexibility index (Phi) is 5.45. The molecule has 0 radical (unpaired) electrons. The summed E-state index contributed by atoms with van der Waals surface area (Å²) in [6.07, 6.45) is 8.77. The molecule has 1 N–H and O–H groups in total. The number of nitrogens with one attached hydrogen (secondary N) is 1. The van der Waals surface area contributed by atoms with Gasteiger partial charge in [0.15, 0.2) is 0 Å². The molecule has 0 atom stereocenters. The number of likely N-dealkylation sites (N-methyl/N-ethyl adjacent to an activating group) is 1. The van der Waals surface area contributed by atoms with E-state index >= 15 is 0 Å². The smallest absolute Gasteiger partial charge is 0.255 e. The van der Waals surface area contributed by atoms with Crippen LogP contribution in [0.3, 0.4) is 0 Å². The van der Waals surface area contributed by atoms with E-state index in [1.165, 1.54) is 19.3 Å². The van der Waals surface area contributed by atoms with E-state index in [1.807, 2.05) is 4.90 Å². The molecule has 1 aromatic heterocycles. The summed E-state index contributed by atoms with van der Waals surface area (Å²) in [5.41, 5.74) is 0.969. The SMILES string of the molecule is CN1CCN(C(=O)c2cncc(C(=O)NC3CCCCC3)c2)CC1. The summed E-state index contributed by atoms with van der Waals surface area (Å²) in [6.45, 7) is 3.18. The molecule has 0 unspecified atom stereocenters. The molecule has 3 rings (SSSR count). The number of rotatable bonds is 3. The number of aromatic nitrogens is 1. The molecule has 6 nitrogen and oxygen atoms in total. The average molecular weight is 330 g/mol. The van der Waals surface area contributed by atoms with E-state index in [0.29, 0.717) is 24.2 Å². The van der Waals surface area contributed by atoms with Crippen LogP contribution in [-0.4, -0.2) is 65.9 Å². The molecular formula is C18H26N4O2. The zero-order valence-electron chi connectivity index (χ0n) is 14.3. The largest absolute Gasteiger partial charge is 0.349 e. The van der Waals surface area contributed by atoms with E-state index in [-0.39, 0.29) is 17.9 Å². The lowest BCUT2D eigenvalue weighted by Gasteiger charge is -2.32. The van der Waals surface area contributed by atoms with Crippen LogP contribution < -0.4 is 5.32 Å². The number of amides is 2. The van der Waals surface area contributed by atoms with Gasteiger partial charge in [-0.15, -0.1) is 0 Å². The zero-order valence-corrected chi connectivity index (χ0v) is 14.3. The monoisotopic (exact) mass is 330 g/mol. The van der Waals surface area contributed by atoms with Gasteiger partial charge in [0.25, 0.3) is 11.8 Å². The van der Waals surface area contributed by atoms with Gasteiger partial charge in [0.05, 0.1) is 11.1 Å². The lowest BCUT2D eigenvalue weighted by atomic mass is 9.95. The van der Waals surface area contributed by atoms with Gasteiger partial charge in [-0.3, -0.25) is 14.6 Å². The van der Waals surface area contributed by atoms with Gasteiger partial charge < -0.3 is 15.1 Å². The van der Waals surface area contributed by atoms with Crippen molar-refractivity contribution in [1.82, 2.24) is 20.1 Å². The molecule has 1 aromatic rings. The summed E-state index contributed by atoms with van der Waals surface area (Å²) in [5, 5.41) is 3.08. The van der Waals surface area contributed by atoms with Crippen molar-refractivity contribution in [2.24, 2.45) is 0 Å². The minimum Gasteiger partial charge on any atom is -0.349 e. The first kappa shape index (κ1) is 16.9. The Labute approximate surface area is 143 Å². The maximum atomic E-state index is 12.6. The molecule has 1 saturated carbocycles. The van der Waals surface area contributed by atoms with E-state index in [2.05, 4.69) is 22.2 Å². The van der Waals surface area contributed by atoms with Crippen LogP contribution in [0.15, 0.2) is 18.5 Å². The fourth-order valence-corrected chi connectivity index (χ4v) is 3.39. The number of pyridine rings is 1. The summed E-state index contributed by atoms with van der Waals surface area (Å²) in [6, 6.07) is 1.93. The van der Waals surface area contributed by atoms with Gasteiger partial charge in [-0.2, -0.15) is 0 Å². The Morgan fingerprint density at radius 1 is 1.04 bits per heavy atom. The van der Waals surface area contributed by atoms with E-state index < -0.39 is 0 Å². The van der Waals surface area contributed by atoms with Crippen LogP contribution in [0.4, 0.5) is 0 Å². The average Bonchev–Trinajstić information content (AvgIpc) is 2.63. The highest BCUT2D eigenvalue weighted by molar-refractivity contribution is 5.99. The molecule has 1 aliphatic heterocycles. The van der Waals surface area contributed by atoms with Crippen molar-refractivity contribution in [2.45, 2.75) is 38.1 Å². The lowest BCUT2D eigenvalue weighted by molar-refractivity contribution is 0.0663. The second-order valence-corrected chi connectivity index (χ2v) is 6.87. The van der Waals surface area contributed by atoms with Crippen molar-refractivity contribution >= 4 is 11.8 Å². The Balaban J connectivity index is 1.64. The highest BCUT2D eigenvalue weighted by atomic mass is 16.2. The normalized spacial score (nSPS) is 20.0. The van der Waals surface area contributed by atoms with E-state index in [4.69, 9.17) is 0 Å². The summed E-state index contributed by atoms with van der Waals surface area (Å²) < 4.78 is 0. The van der Waals surface area contributed by atoms with Gasteiger partial charge in [0.1, 0.15) is 0 Å². The summed E-state index contributed by atoms with van der Waals surface area (Å²) in [7, 11) is 2.06. The summed E-state index contributed by atoms with van der Waals surface area (Å²) in [5.74, 6) is -0.162. The Bertz CT molecular complexity index is 590. The van der Waals surface area contributed by atoms with Gasteiger partial charge >= 0.3 is 0 Å². The highest BCUT2D eigenvalue weighted by Gasteiger charge is 2.22. The van der Waals surface area contributed by atoms with Crippen LogP contribution in [0.5, 0.6) is 0 Å². The summed E-state index contributed by atoms with van der Waals surface area (Å²) in [4.78, 5) is 33.2. The molecule has 1 saturated heterocycles. The standard InChI is InChI=1S/C18H26N4O2/c1-21-7-9-22(10-8-21)18(24)15-11-14(12-19-13-15)17(23)20-16-5-3-2-4-6-16/h11-13,16H,2-10H2,1H3,(H,20,23). The predicted molar refractivity (Wildman–Crippen MR) is 92.0 cm³/mol. The molecule has 6 heteroatoms. The Morgan fingerprint density at radius 3 is 2.42 bits per heavy atom. The van der Waals surface area contributed by atoms with Gasteiger partial charge in [-0.1, -0.05) is 19.3 Å². The molecule has 1 aliphatic carbocycles. The molecule has 2 aliphatic rings. The van der Waals surface area contributed by atoms with Crippen LogP contribution in [0.2, 0.25) is 0 Å². The molecular weight excluding hydrogens is 304 g/mol. The van der Waals surface area contributed by atoms with Crippen molar-refractivity contribution < 1.29 is 9.59 Å². The molecule has 2 fully saturated rings.